The molecule has 2 aromatic carbocycles. The minimum atomic E-state index is 0. The molecular weight excluding hydrogens is 196 g/mol. The summed E-state index contributed by atoms with van der Waals surface area (Å²) in [5, 5.41) is 0. The molecule has 16 heavy (non-hydrogen) atoms. The quantitative estimate of drug-likeness (QED) is 0.691. The van der Waals surface area contributed by atoms with E-state index >= 15 is 0 Å². The van der Waals surface area contributed by atoms with Crippen LogP contribution in [0, 0.1) is 6.92 Å². The molecule has 0 amide bonds. The van der Waals surface area contributed by atoms with Crippen LogP contribution in [-0.2, 0) is 0 Å². The Balaban J connectivity index is 0.00000128. The van der Waals surface area contributed by atoms with E-state index in [2.05, 4.69) is 0 Å². The highest BCUT2D eigenvalue weighted by Crippen LogP contribution is 2.10. The Kier molecular flexibility index (Phi) is 4.01. The molecule has 1 nitrogen and oxygen atoms in total. The molecule has 0 spiro atoms. The van der Waals surface area contributed by atoms with Crippen molar-refractivity contribution < 1.29 is 4.79 Å². The number of carbonyl (C=O) groups is 1. The van der Waals surface area contributed by atoms with Crippen LogP contribution in [-0.4, -0.2) is 5.78 Å². The first-order chi connectivity index (χ1) is 7.27. The second-order valence-electron chi connectivity index (χ2n) is 3.56. The van der Waals surface area contributed by atoms with Crippen LogP contribution in [0.3, 0.4) is 0 Å². The fourth-order valence-electron chi connectivity index (χ4n) is 1.54. The van der Waals surface area contributed by atoms with Crippen LogP contribution in [0.4, 0.5) is 0 Å². The third-order valence-electron chi connectivity index (χ3n) is 2.32. The summed E-state index contributed by atoms with van der Waals surface area (Å²) in [5.74, 6) is 0.0827. The van der Waals surface area contributed by atoms with Gasteiger partial charge in [-0.2, -0.15) is 0 Å². The summed E-state index contributed by atoms with van der Waals surface area (Å²) in [7, 11) is 0. The molecular formula is C15H16O. The molecule has 0 unspecified atom stereocenters. The Labute approximate surface area is 96.8 Å². The number of aryl methyl sites for hydroxylation is 1. The molecule has 0 aliphatic heterocycles. The maximum Gasteiger partial charge on any atom is 0.193 e. The largest absolute Gasteiger partial charge is 0.289 e. The van der Waals surface area contributed by atoms with Gasteiger partial charge >= 0.3 is 0 Å². The molecule has 1 heteroatoms. The van der Waals surface area contributed by atoms with Crippen LogP contribution in [0.5, 0.6) is 0 Å². The van der Waals surface area contributed by atoms with Crippen LogP contribution in [0.25, 0.3) is 0 Å². The standard InChI is InChI=1S/C14H12O.CH4/c1-11-6-5-9-13(10-11)14(15)12-7-3-2-4-8-12;/h2-10H,1H3;1H4. The van der Waals surface area contributed by atoms with Gasteiger partial charge in [-0.05, 0) is 13.0 Å². The van der Waals surface area contributed by atoms with Gasteiger partial charge in [0.2, 0.25) is 0 Å². The molecule has 0 atom stereocenters. The summed E-state index contributed by atoms with van der Waals surface area (Å²) in [4.78, 5) is 12.0. The molecule has 0 aliphatic rings. The fourth-order valence-corrected chi connectivity index (χ4v) is 1.54. The maximum atomic E-state index is 12.0. The molecule has 0 bridgehead atoms. The van der Waals surface area contributed by atoms with E-state index in [1.54, 1.807) is 0 Å². The summed E-state index contributed by atoms with van der Waals surface area (Å²) in [6.45, 7) is 1.99. The molecule has 0 saturated heterocycles. The van der Waals surface area contributed by atoms with Crippen molar-refractivity contribution in [3.05, 3.63) is 71.3 Å². The zero-order valence-corrected chi connectivity index (χ0v) is 8.60. The second-order valence-corrected chi connectivity index (χ2v) is 3.56. The smallest absolute Gasteiger partial charge is 0.193 e. The first-order valence-electron chi connectivity index (χ1n) is 4.94. The predicted molar refractivity (Wildman–Crippen MR) is 67.8 cm³/mol. The van der Waals surface area contributed by atoms with Gasteiger partial charge in [-0.3, -0.25) is 4.79 Å². The highest BCUT2D eigenvalue weighted by Gasteiger charge is 2.07. The third-order valence-corrected chi connectivity index (χ3v) is 2.32. The minimum absolute atomic E-state index is 0. The molecule has 0 heterocycles. The lowest BCUT2D eigenvalue weighted by Gasteiger charge is -2.01. The zero-order valence-electron chi connectivity index (χ0n) is 8.60. The van der Waals surface area contributed by atoms with Gasteiger partial charge in [-0.15, -0.1) is 0 Å². The van der Waals surface area contributed by atoms with E-state index in [1.807, 2.05) is 61.5 Å². The molecule has 0 saturated carbocycles. The van der Waals surface area contributed by atoms with E-state index in [-0.39, 0.29) is 13.2 Å². The van der Waals surface area contributed by atoms with E-state index in [4.69, 9.17) is 0 Å². The Morgan fingerprint density at radius 2 is 1.50 bits per heavy atom. The summed E-state index contributed by atoms with van der Waals surface area (Å²) in [6.07, 6.45) is 0. The Bertz CT molecular complexity index is 472. The Morgan fingerprint density at radius 3 is 2.12 bits per heavy atom. The zero-order chi connectivity index (χ0) is 10.7. The van der Waals surface area contributed by atoms with E-state index in [1.165, 1.54) is 0 Å². The van der Waals surface area contributed by atoms with Gasteiger partial charge in [0, 0.05) is 11.1 Å². The number of rotatable bonds is 2. The molecule has 0 fully saturated rings. The van der Waals surface area contributed by atoms with Gasteiger partial charge in [0.1, 0.15) is 0 Å². The Morgan fingerprint density at radius 1 is 0.875 bits per heavy atom. The van der Waals surface area contributed by atoms with Crippen molar-refractivity contribution in [2.45, 2.75) is 14.4 Å². The lowest BCUT2D eigenvalue weighted by Crippen LogP contribution is -2.00. The van der Waals surface area contributed by atoms with Crippen LogP contribution in [0.15, 0.2) is 54.6 Å². The summed E-state index contributed by atoms with van der Waals surface area (Å²) >= 11 is 0. The summed E-state index contributed by atoms with van der Waals surface area (Å²) in [5.41, 5.74) is 2.60. The lowest BCUT2D eigenvalue weighted by atomic mass is 10.0. The van der Waals surface area contributed by atoms with Gasteiger partial charge in [0.05, 0.1) is 0 Å². The molecule has 82 valence electrons. The summed E-state index contributed by atoms with van der Waals surface area (Å²) < 4.78 is 0. The van der Waals surface area contributed by atoms with Gasteiger partial charge in [0.25, 0.3) is 0 Å². The lowest BCUT2D eigenvalue weighted by molar-refractivity contribution is 0.103. The molecule has 2 aromatic rings. The predicted octanol–water partition coefficient (Wildman–Crippen LogP) is 3.86. The highest BCUT2D eigenvalue weighted by molar-refractivity contribution is 6.09. The van der Waals surface area contributed by atoms with E-state index in [9.17, 15) is 4.79 Å². The first kappa shape index (κ1) is 12.2. The van der Waals surface area contributed by atoms with Crippen LogP contribution in [0.2, 0.25) is 0 Å². The van der Waals surface area contributed by atoms with Crippen molar-refractivity contribution in [3.8, 4) is 0 Å². The van der Waals surface area contributed by atoms with Crippen molar-refractivity contribution in [1.82, 2.24) is 0 Å². The summed E-state index contributed by atoms with van der Waals surface area (Å²) in [6, 6.07) is 17.0. The third kappa shape index (κ3) is 2.57. The van der Waals surface area contributed by atoms with Gasteiger partial charge in [0.15, 0.2) is 5.78 Å². The van der Waals surface area contributed by atoms with Crippen molar-refractivity contribution in [3.63, 3.8) is 0 Å². The molecule has 0 N–H and O–H groups in total. The van der Waals surface area contributed by atoms with Crippen LogP contribution >= 0.6 is 0 Å². The van der Waals surface area contributed by atoms with Crippen LogP contribution in [0.1, 0.15) is 28.9 Å². The molecule has 0 aliphatic carbocycles. The second kappa shape index (κ2) is 5.26. The van der Waals surface area contributed by atoms with Crippen molar-refractivity contribution in [1.29, 1.82) is 0 Å². The SMILES string of the molecule is C.Cc1cccc(C(=O)c2ccccc2)c1. The van der Waals surface area contributed by atoms with Crippen molar-refractivity contribution in [2.24, 2.45) is 0 Å². The minimum Gasteiger partial charge on any atom is -0.289 e. The normalized spacial score (nSPS) is 9.31. The molecule has 0 radical (unpaired) electrons. The average molecular weight is 212 g/mol. The topological polar surface area (TPSA) is 17.1 Å². The maximum absolute atomic E-state index is 12.0. The number of hydrogen-bond donors (Lipinski definition) is 0. The van der Waals surface area contributed by atoms with E-state index < -0.39 is 0 Å². The highest BCUT2D eigenvalue weighted by atomic mass is 16.1. The Hall–Kier alpha value is -1.89. The van der Waals surface area contributed by atoms with E-state index in [0.717, 1.165) is 16.7 Å². The van der Waals surface area contributed by atoms with Gasteiger partial charge in [-0.1, -0.05) is 61.5 Å². The number of hydrogen-bond acceptors (Lipinski definition) is 1. The number of carbonyl (C=O) groups excluding carboxylic acids is 1. The number of ketones is 1. The number of benzene rings is 2. The van der Waals surface area contributed by atoms with Crippen molar-refractivity contribution in [2.75, 3.05) is 0 Å². The van der Waals surface area contributed by atoms with E-state index in [0.29, 0.717) is 0 Å². The van der Waals surface area contributed by atoms with Crippen LogP contribution < -0.4 is 0 Å². The molecule has 2 rings (SSSR count). The monoisotopic (exact) mass is 212 g/mol. The first-order valence-corrected chi connectivity index (χ1v) is 4.94. The van der Waals surface area contributed by atoms with Crippen molar-refractivity contribution >= 4 is 5.78 Å². The molecule has 0 aromatic heterocycles. The average Bonchev–Trinajstić information content (AvgIpc) is 2.29. The fraction of sp³-hybridized carbons (Fsp3) is 0.133. The van der Waals surface area contributed by atoms with Gasteiger partial charge < -0.3 is 0 Å². The van der Waals surface area contributed by atoms with Gasteiger partial charge in [-0.25, -0.2) is 0 Å².